The average molecular weight is 308 g/mol. The first-order chi connectivity index (χ1) is 9.87. The zero-order valence-electron chi connectivity index (χ0n) is 12.4. The van der Waals surface area contributed by atoms with Crippen LogP contribution in [0.5, 0.6) is 0 Å². The van der Waals surface area contributed by atoms with Crippen molar-refractivity contribution in [2.75, 3.05) is 13.2 Å². The first-order valence-corrected chi connectivity index (χ1v) is 8.30. The number of sulfonamides is 1. The highest BCUT2D eigenvalue weighted by Gasteiger charge is 2.28. The first kappa shape index (κ1) is 15.9. The maximum absolute atomic E-state index is 12.8. The highest BCUT2D eigenvalue weighted by molar-refractivity contribution is 7.89. The van der Waals surface area contributed by atoms with Crippen LogP contribution in [0.3, 0.4) is 0 Å². The Morgan fingerprint density at radius 3 is 2.67 bits per heavy atom. The third-order valence-corrected chi connectivity index (χ3v) is 5.40. The minimum Gasteiger partial charge on any atom is -0.395 e. The molecule has 6 heteroatoms. The van der Waals surface area contributed by atoms with Crippen LogP contribution in [0, 0.1) is 6.92 Å². The zero-order valence-corrected chi connectivity index (χ0v) is 13.3. The van der Waals surface area contributed by atoms with Crippen molar-refractivity contribution in [3.63, 3.8) is 0 Å². The first-order valence-electron chi connectivity index (χ1n) is 6.86. The van der Waals surface area contributed by atoms with Crippen molar-refractivity contribution in [1.82, 2.24) is 9.29 Å². The molecule has 2 aromatic rings. The van der Waals surface area contributed by atoms with Gasteiger partial charge in [-0.3, -0.25) is 4.98 Å². The van der Waals surface area contributed by atoms with E-state index in [0.29, 0.717) is 5.52 Å². The highest BCUT2D eigenvalue weighted by Crippen LogP contribution is 2.25. The number of para-hydroxylation sites is 1. The number of aliphatic hydroxyl groups excluding tert-OH is 1. The van der Waals surface area contributed by atoms with E-state index in [-0.39, 0.29) is 24.1 Å². The smallest absolute Gasteiger partial charge is 0.245 e. The minimum atomic E-state index is -3.69. The number of fused-ring (bicyclic) bond motifs is 1. The van der Waals surface area contributed by atoms with Crippen molar-refractivity contribution < 1.29 is 13.5 Å². The summed E-state index contributed by atoms with van der Waals surface area (Å²) in [4.78, 5) is 4.46. The predicted octanol–water partition coefficient (Wildman–Crippen LogP) is 1.93. The van der Waals surface area contributed by atoms with E-state index in [2.05, 4.69) is 4.98 Å². The summed E-state index contributed by atoms with van der Waals surface area (Å²) in [6.45, 7) is 5.35. The van der Waals surface area contributed by atoms with Crippen molar-refractivity contribution >= 4 is 20.9 Å². The quantitative estimate of drug-likeness (QED) is 0.916. The van der Waals surface area contributed by atoms with E-state index in [1.807, 2.05) is 19.1 Å². The van der Waals surface area contributed by atoms with E-state index in [0.717, 1.165) is 10.9 Å². The Hall–Kier alpha value is -1.50. The molecule has 0 radical (unpaired) electrons. The van der Waals surface area contributed by atoms with Crippen LogP contribution in [0.15, 0.2) is 35.4 Å². The van der Waals surface area contributed by atoms with Crippen molar-refractivity contribution in [2.24, 2.45) is 0 Å². The number of pyridine rings is 1. The van der Waals surface area contributed by atoms with E-state index < -0.39 is 10.0 Å². The topological polar surface area (TPSA) is 70.5 Å². The van der Waals surface area contributed by atoms with Gasteiger partial charge in [0.15, 0.2) is 0 Å². The van der Waals surface area contributed by atoms with Gasteiger partial charge in [-0.15, -0.1) is 0 Å². The van der Waals surface area contributed by atoms with Gasteiger partial charge in [-0.2, -0.15) is 4.31 Å². The molecular weight excluding hydrogens is 288 g/mol. The number of aryl methyl sites for hydroxylation is 1. The van der Waals surface area contributed by atoms with Crippen LogP contribution in [0.25, 0.3) is 10.9 Å². The number of rotatable bonds is 5. The molecular formula is C15H20N2O3S. The lowest BCUT2D eigenvalue weighted by molar-refractivity contribution is 0.236. The third-order valence-electron chi connectivity index (χ3n) is 3.29. The van der Waals surface area contributed by atoms with E-state index >= 15 is 0 Å². The van der Waals surface area contributed by atoms with Crippen LogP contribution in [-0.2, 0) is 10.0 Å². The molecule has 0 spiro atoms. The molecule has 0 aliphatic carbocycles. The van der Waals surface area contributed by atoms with Gasteiger partial charge in [0.1, 0.15) is 4.90 Å². The summed E-state index contributed by atoms with van der Waals surface area (Å²) in [6.07, 6.45) is 1.66. The second kappa shape index (κ2) is 6.09. The number of benzene rings is 1. The molecule has 0 fully saturated rings. The Kier molecular flexibility index (Phi) is 4.61. The molecule has 5 nitrogen and oxygen atoms in total. The van der Waals surface area contributed by atoms with Gasteiger partial charge >= 0.3 is 0 Å². The van der Waals surface area contributed by atoms with Crippen LogP contribution in [0.2, 0.25) is 0 Å². The molecule has 21 heavy (non-hydrogen) atoms. The second-order valence-corrected chi connectivity index (χ2v) is 7.13. The summed E-state index contributed by atoms with van der Waals surface area (Å²) in [5.41, 5.74) is 1.44. The molecule has 0 atom stereocenters. The van der Waals surface area contributed by atoms with E-state index in [4.69, 9.17) is 5.11 Å². The summed E-state index contributed by atoms with van der Waals surface area (Å²) in [5.74, 6) is 0. The maximum Gasteiger partial charge on any atom is 0.245 e. The summed E-state index contributed by atoms with van der Waals surface area (Å²) < 4.78 is 27.0. The highest BCUT2D eigenvalue weighted by atomic mass is 32.2. The molecule has 0 unspecified atom stereocenters. The fraction of sp³-hybridized carbons (Fsp3) is 0.400. The fourth-order valence-electron chi connectivity index (χ4n) is 2.33. The molecule has 0 aliphatic rings. The Balaban J connectivity index is 2.64. The molecule has 1 heterocycles. The van der Waals surface area contributed by atoms with E-state index in [1.54, 1.807) is 32.2 Å². The molecule has 0 saturated carbocycles. The summed E-state index contributed by atoms with van der Waals surface area (Å²) in [6, 6.07) is 6.80. The van der Waals surface area contributed by atoms with Crippen LogP contribution in [0.1, 0.15) is 19.4 Å². The van der Waals surface area contributed by atoms with Gasteiger partial charge in [-0.25, -0.2) is 8.42 Å². The lowest BCUT2D eigenvalue weighted by Gasteiger charge is -2.25. The van der Waals surface area contributed by atoms with Crippen molar-refractivity contribution in [1.29, 1.82) is 0 Å². The number of hydrogen-bond acceptors (Lipinski definition) is 4. The summed E-state index contributed by atoms with van der Waals surface area (Å²) >= 11 is 0. The standard InChI is InChI=1S/C15H20N2O3S/c1-11(2)17(7-8-18)21(19,20)14-6-4-5-13-9-12(3)10-16-15(13)14/h4-6,9-11,18H,7-8H2,1-3H3. The fourth-order valence-corrected chi connectivity index (χ4v) is 4.13. The Labute approximate surface area is 125 Å². The number of hydrogen-bond donors (Lipinski definition) is 1. The normalized spacial score (nSPS) is 12.5. The lowest BCUT2D eigenvalue weighted by atomic mass is 10.2. The molecule has 0 saturated heterocycles. The molecule has 1 aromatic carbocycles. The maximum atomic E-state index is 12.8. The van der Waals surface area contributed by atoms with Crippen LogP contribution in [0.4, 0.5) is 0 Å². The van der Waals surface area contributed by atoms with Crippen LogP contribution >= 0.6 is 0 Å². The largest absolute Gasteiger partial charge is 0.395 e. The summed E-state index contributed by atoms with van der Waals surface area (Å²) in [5, 5.41) is 9.92. The van der Waals surface area contributed by atoms with Gasteiger partial charge in [0.2, 0.25) is 10.0 Å². The Morgan fingerprint density at radius 1 is 1.33 bits per heavy atom. The molecule has 0 aliphatic heterocycles. The lowest BCUT2D eigenvalue weighted by Crippen LogP contribution is -2.39. The molecule has 2 rings (SSSR count). The number of nitrogens with zero attached hydrogens (tertiary/aromatic N) is 2. The summed E-state index contributed by atoms with van der Waals surface area (Å²) in [7, 11) is -3.69. The minimum absolute atomic E-state index is 0.0717. The SMILES string of the molecule is Cc1cnc2c(S(=O)(=O)N(CCO)C(C)C)cccc2c1. The molecule has 0 bridgehead atoms. The van der Waals surface area contributed by atoms with Crippen LogP contribution < -0.4 is 0 Å². The molecule has 1 N–H and O–H groups in total. The average Bonchev–Trinajstić information content (AvgIpc) is 2.43. The Morgan fingerprint density at radius 2 is 2.05 bits per heavy atom. The second-order valence-electron chi connectivity index (χ2n) is 5.27. The zero-order chi connectivity index (χ0) is 15.6. The van der Waals surface area contributed by atoms with Gasteiger partial charge in [0.05, 0.1) is 12.1 Å². The van der Waals surface area contributed by atoms with Crippen molar-refractivity contribution in [3.8, 4) is 0 Å². The van der Waals surface area contributed by atoms with Gasteiger partial charge in [0.25, 0.3) is 0 Å². The van der Waals surface area contributed by atoms with Gasteiger partial charge < -0.3 is 5.11 Å². The third kappa shape index (κ3) is 3.07. The Bertz CT molecular complexity index is 742. The number of aliphatic hydroxyl groups is 1. The monoisotopic (exact) mass is 308 g/mol. The van der Waals surface area contributed by atoms with E-state index in [1.165, 1.54) is 4.31 Å². The van der Waals surface area contributed by atoms with Gasteiger partial charge in [-0.05, 0) is 38.5 Å². The number of aromatic nitrogens is 1. The van der Waals surface area contributed by atoms with Crippen LogP contribution in [-0.4, -0.2) is 42.0 Å². The van der Waals surface area contributed by atoms with Gasteiger partial charge in [0, 0.05) is 24.2 Å². The molecule has 114 valence electrons. The molecule has 0 amide bonds. The van der Waals surface area contributed by atoms with E-state index in [9.17, 15) is 8.42 Å². The van der Waals surface area contributed by atoms with Crippen molar-refractivity contribution in [3.05, 3.63) is 36.0 Å². The van der Waals surface area contributed by atoms with Crippen molar-refractivity contribution in [2.45, 2.75) is 31.7 Å². The predicted molar refractivity (Wildman–Crippen MR) is 82.6 cm³/mol. The molecule has 1 aromatic heterocycles. The van der Waals surface area contributed by atoms with Gasteiger partial charge in [-0.1, -0.05) is 12.1 Å².